The second kappa shape index (κ2) is 4.96. The zero-order chi connectivity index (χ0) is 14.2. The highest BCUT2D eigenvalue weighted by molar-refractivity contribution is 5.54. The minimum atomic E-state index is 0.205. The van der Waals surface area contributed by atoms with Gasteiger partial charge in [0.05, 0.1) is 11.7 Å². The molecule has 0 spiro atoms. The maximum absolute atomic E-state index is 6.07. The zero-order valence-corrected chi connectivity index (χ0v) is 12.2. The van der Waals surface area contributed by atoms with Crippen molar-refractivity contribution in [2.75, 3.05) is 5.73 Å². The number of aryl methyl sites for hydroxylation is 3. The molecule has 19 heavy (non-hydrogen) atoms. The summed E-state index contributed by atoms with van der Waals surface area (Å²) in [6.45, 7) is 10.1. The first-order valence-electron chi connectivity index (χ1n) is 6.50. The van der Waals surface area contributed by atoms with E-state index in [1.807, 2.05) is 37.6 Å². The number of anilines is 1. The Bertz CT molecular complexity index is 600. The molecular weight excluding hydrogens is 238 g/mol. The highest BCUT2D eigenvalue weighted by Crippen LogP contribution is 2.33. The summed E-state index contributed by atoms with van der Waals surface area (Å²) in [5.74, 6) is 1.45. The number of nitrogens with zero attached hydrogens (tertiary/aromatic N) is 2. The second-order valence-electron chi connectivity index (χ2n) is 5.21. The van der Waals surface area contributed by atoms with Gasteiger partial charge in [0.15, 0.2) is 0 Å². The summed E-state index contributed by atoms with van der Waals surface area (Å²) in [5.41, 5.74) is 9.72. The SMILES string of the molecule is Cc1ccc(C)c(Oc2c(N)c(C)nn2C(C)C)c1. The fourth-order valence-corrected chi connectivity index (χ4v) is 1.91. The van der Waals surface area contributed by atoms with Crippen molar-refractivity contribution >= 4 is 5.69 Å². The van der Waals surface area contributed by atoms with Gasteiger partial charge in [0.2, 0.25) is 5.88 Å². The number of hydrogen-bond acceptors (Lipinski definition) is 3. The first-order valence-corrected chi connectivity index (χ1v) is 6.50. The molecule has 0 saturated heterocycles. The summed E-state index contributed by atoms with van der Waals surface area (Å²) >= 11 is 0. The molecule has 0 radical (unpaired) electrons. The molecule has 1 aromatic carbocycles. The van der Waals surface area contributed by atoms with Crippen molar-refractivity contribution in [1.82, 2.24) is 9.78 Å². The lowest BCUT2D eigenvalue weighted by atomic mass is 10.1. The molecule has 0 unspecified atom stereocenters. The number of nitrogen functional groups attached to an aromatic ring is 1. The molecule has 0 saturated carbocycles. The first-order chi connectivity index (χ1) is 8.90. The van der Waals surface area contributed by atoms with Crippen LogP contribution in [0.25, 0.3) is 0 Å². The van der Waals surface area contributed by atoms with Gasteiger partial charge in [-0.2, -0.15) is 5.10 Å². The van der Waals surface area contributed by atoms with E-state index in [9.17, 15) is 0 Å². The van der Waals surface area contributed by atoms with Gasteiger partial charge in [-0.05, 0) is 51.8 Å². The summed E-state index contributed by atoms with van der Waals surface area (Å²) in [7, 11) is 0. The van der Waals surface area contributed by atoms with E-state index in [1.54, 1.807) is 0 Å². The predicted molar refractivity (Wildman–Crippen MR) is 77.8 cm³/mol. The number of ether oxygens (including phenoxy) is 1. The van der Waals surface area contributed by atoms with Gasteiger partial charge in [-0.15, -0.1) is 0 Å². The monoisotopic (exact) mass is 259 g/mol. The molecule has 4 nitrogen and oxygen atoms in total. The fourth-order valence-electron chi connectivity index (χ4n) is 1.91. The van der Waals surface area contributed by atoms with Crippen molar-refractivity contribution in [3.8, 4) is 11.6 Å². The average Bonchev–Trinajstić information content (AvgIpc) is 2.62. The van der Waals surface area contributed by atoms with Crippen LogP contribution in [-0.4, -0.2) is 9.78 Å². The van der Waals surface area contributed by atoms with Crippen LogP contribution in [0.5, 0.6) is 11.6 Å². The van der Waals surface area contributed by atoms with Crippen molar-refractivity contribution in [3.63, 3.8) is 0 Å². The number of benzene rings is 1. The number of aromatic nitrogens is 2. The van der Waals surface area contributed by atoms with Gasteiger partial charge >= 0.3 is 0 Å². The predicted octanol–water partition coefficient (Wildman–Crippen LogP) is 3.76. The van der Waals surface area contributed by atoms with Crippen LogP contribution in [0.2, 0.25) is 0 Å². The van der Waals surface area contributed by atoms with Crippen LogP contribution < -0.4 is 10.5 Å². The molecule has 0 atom stereocenters. The van der Waals surface area contributed by atoms with Crippen LogP contribution in [0.15, 0.2) is 18.2 Å². The molecule has 4 heteroatoms. The van der Waals surface area contributed by atoms with E-state index >= 15 is 0 Å². The minimum absolute atomic E-state index is 0.205. The molecule has 2 aromatic rings. The lowest BCUT2D eigenvalue weighted by Crippen LogP contribution is -2.06. The van der Waals surface area contributed by atoms with Gasteiger partial charge in [0.25, 0.3) is 0 Å². The van der Waals surface area contributed by atoms with E-state index < -0.39 is 0 Å². The quantitative estimate of drug-likeness (QED) is 0.913. The lowest BCUT2D eigenvalue weighted by Gasteiger charge is -2.14. The molecule has 0 amide bonds. The Morgan fingerprint density at radius 3 is 2.53 bits per heavy atom. The van der Waals surface area contributed by atoms with E-state index in [0.29, 0.717) is 11.6 Å². The van der Waals surface area contributed by atoms with Gasteiger partial charge in [-0.1, -0.05) is 12.1 Å². The minimum Gasteiger partial charge on any atom is -0.437 e. The van der Waals surface area contributed by atoms with Crippen LogP contribution >= 0.6 is 0 Å². The number of hydrogen-bond donors (Lipinski definition) is 1. The normalized spacial score (nSPS) is 11.1. The molecule has 0 fully saturated rings. The Labute approximate surface area is 114 Å². The lowest BCUT2D eigenvalue weighted by molar-refractivity contribution is 0.388. The van der Waals surface area contributed by atoms with Crippen LogP contribution in [0, 0.1) is 20.8 Å². The van der Waals surface area contributed by atoms with E-state index in [2.05, 4.69) is 25.0 Å². The van der Waals surface area contributed by atoms with Crippen LogP contribution in [-0.2, 0) is 0 Å². The van der Waals surface area contributed by atoms with Crippen molar-refractivity contribution in [2.24, 2.45) is 0 Å². The highest BCUT2D eigenvalue weighted by atomic mass is 16.5. The van der Waals surface area contributed by atoms with Crippen molar-refractivity contribution in [3.05, 3.63) is 35.0 Å². The topological polar surface area (TPSA) is 53.1 Å². The smallest absolute Gasteiger partial charge is 0.241 e. The Kier molecular flexibility index (Phi) is 3.51. The van der Waals surface area contributed by atoms with Crippen molar-refractivity contribution in [1.29, 1.82) is 0 Å². The Morgan fingerprint density at radius 1 is 1.21 bits per heavy atom. The Morgan fingerprint density at radius 2 is 1.89 bits per heavy atom. The summed E-state index contributed by atoms with van der Waals surface area (Å²) in [5, 5.41) is 4.42. The van der Waals surface area contributed by atoms with Gasteiger partial charge in [0, 0.05) is 0 Å². The maximum Gasteiger partial charge on any atom is 0.241 e. The van der Waals surface area contributed by atoms with Gasteiger partial charge < -0.3 is 10.5 Å². The molecule has 2 rings (SSSR count). The molecule has 1 aromatic heterocycles. The molecule has 0 aliphatic heterocycles. The largest absolute Gasteiger partial charge is 0.437 e. The standard InChI is InChI=1S/C15H21N3O/c1-9(2)18-15(14(16)12(5)17-18)19-13-8-10(3)6-7-11(13)4/h6-9H,16H2,1-5H3. The maximum atomic E-state index is 6.07. The first kappa shape index (κ1) is 13.5. The average molecular weight is 259 g/mol. The fraction of sp³-hybridized carbons (Fsp3) is 0.400. The number of rotatable bonds is 3. The molecule has 1 heterocycles. The molecule has 0 aliphatic carbocycles. The molecule has 2 N–H and O–H groups in total. The van der Waals surface area contributed by atoms with Crippen LogP contribution in [0.3, 0.4) is 0 Å². The second-order valence-corrected chi connectivity index (χ2v) is 5.21. The van der Waals surface area contributed by atoms with E-state index in [-0.39, 0.29) is 6.04 Å². The third-order valence-corrected chi connectivity index (χ3v) is 3.13. The Balaban J connectivity index is 2.45. The summed E-state index contributed by atoms with van der Waals surface area (Å²) in [4.78, 5) is 0. The van der Waals surface area contributed by atoms with E-state index in [0.717, 1.165) is 22.6 Å². The van der Waals surface area contributed by atoms with Crippen LogP contribution in [0.4, 0.5) is 5.69 Å². The molecule has 0 aliphatic rings. The molecule has 0 bridgehead atoms. The van der Waals surface area contributed by atoms with Crippen molar-refractivity contribution in [2.45, 2.75) is 40.7 Å². The summed E-state index contributed by atoms with van der Waals surface area (Å²) in [6, 6.07) is 6.33. The Hall–Kier alpha value is -1.97. The van der Waals surface area contributed by atoms with Crippen molar-refractivity contribution < 1.29 is 4.74 Å². The third-order valence-electron chi connectivity index (χ3n) is 3.13. The highest BCUT2D eigenvalue weighted by Gasteiger charge is 2.17. The summed E-state index contributed by atoms with van der Waals surface area (Å²) < 4.78 is 7.84. The van der Waals surface area contributed by atoms with E-state index in [1.165, 1.54) is 0 Å². The number of nitrogens with two attached hydrogens (primary N) is 1. The van der Waals surface area contributed by atoms with E-state index in [4.69, 9.17) is 10.5 Å². The van der Waals surface area contributed by atoms with Gasteiger partial charge in [0.1, 0.15) is 11.4 Å². The zero-order valence-electron chi connectivity index (χ0n) is 12.2. The van der Waals surface area contributed by atoms with Crippen LogP contribution in [0.1, 0.15) is 36.7 Å². The molecular formula is C15H21N3O. The molecule has 102 valence electrons. The van der Waals surface area contributed by atoms with Gasteiger partial charge in [-0.25, -0.2) is 4.68 Å². The summed E-state index contributed by atoms with van der Waals surface area (Å²) in [6.07, 6.45) is 0. The van der Waals surface area contributed by atoms with Gasteiger partial charge in [-0.3, -0.25) is 0 Å². The third kappa shape index (κ3) is 2.57.